The van der Waals surface area contributed by atoms with Crippen molar-refractivity contribution in [3.05, 3.63) is 29.1 Å². The van der Waals surface area contributed by atoms with E-state index in [-0.39, 0.29) is 0 Å². The van der Waals surface area contributed by atoms with Gasteiger partial charge in [-0.05, 0) is 20.5 Å². The van der Waals surface area contributed by atoms with Gasteiger partial charge in [0.25, 0.3) is 0 Å². The lowest BCUT2D eigenvalue weighted by Crippen LogP contribution is -2.45. The van der Waals surface area contributed by atoms with Gasteiger partial charge in [0.05, 0.1) is 22.1 Å². The molecule has 0 amide bonds. The van der Waals surface area contributed by atoms with Crippen molar-refractivity contribution in [2.45, 2.75) is 13.8 Å². The minimum absolute atomic E-state index is 0.417. The summed E-state index contributed by atoms with van der Waals surface area (Å²) in [5.74, 6) is -15.8. The Bertz CT molecular complexity index is 856. The molecule has 0 bridgehead atoms. The standard InChI is InChI=1S/C12H7F5O5.C5H10O4.CH4FP/c1-12(2-20-11(19)21-3-12)10(18)22-9-7(16)5(14)4(13)6(15)8(9)17;1-5(2-6,3-7)4(8)9;1-3-2/h2-3H2,1H3;6-7H,2-3H2,1H3,(H,8,9);3H,1H3. The van der Waals surface area contributed by atoms with Gasteiger partial charge in [-0.25, -0.2) is 22.2 Å². The van der Waals surface area contributed by atoms with E-state index in [1.54, 1.807) is 0 Å². The van der Waals surface area contributed by atoms with Crippen LogP contribution in [-0.2, 0) is 19.1 Å². The van der Waals surface area contributed by atoms with Gasteiger partial charge in [-0.1, -0.05) is 0 Å². The molecule has 0 saturated carbocycles. The quantitative estimate of drug-likeness (QED) is 0.132. The van der Waals surface area contributed by atoms with Gasteiger partial charge < -0.3 is 29.5 Å². The van der Waals surface area contributed by atoms with Crippen LogP contribution in [0.15, 0.2) is 0 Å². The molecule has 16 heteroatoms. The van der Waals surface area contributed by atoms with Crippen molar-refractivity contribution in [2.75, 3.05) is 33.1 Å². The van der Waals surface area contributed by atoms with Crippen LogP contribution in [0, 0.1) is 39.9 Å². The first-order valence-corrected chi connectivity index (χ1v) is 10.3. The zero-order chi connectivity index (χ0) is 26.9. The number of aliphatic carboxylic acids is 1. The third-order valence-electron chi connectivity index (χ3n) is 4.09. The minimum Gasteiger partial charge on any atom is -0.481 e. The molecule has 1 aliphatic rings. The molecule has 1 unspecified atom stereocenters. The van der Waals surface area contributed by atoms with E-state index in [0.717, 1.165) is 6.92 Å². The van der Waals surface area contributed by atoms with Gasteiger partial charge in [0.15, 0.2) is 0 Å². The Kier molecular flexibility index (Phi) is 12.3. The predicted octanol–water partition coefficient (Wildman–Crippen LogP) is 2.70. The summed E-state index contributed by atoms with van der Waals surface area (Å²) in [4.78, 5) is 32.7. The van der Waals surface area contributed by atoms with Gasteiger partial charge in [0.2, 0.25) is 34.8 Å². The monoisotopic (exact) mass is 526 g/mol. The Morgan fingerprint density at radius 3 is 1.65 bits per heavy atom. The third kappa shape index (κ3) is 7.71. The summed E-state index contributed by atoms with van der Waals surface area (Å²) in [6.45, 7) is 1.75. The molecule has 194 valence electrons. The molecule has 2 rings (SSSR count). The van der Waals surface area contributed by atoms with Crippen LogP contribution >= 0.6 is 8.89 Å². The number of halogens is 6. The maximum Gasteiger partial charge on any atom is 0.508 e. The minimum atomic E-state index is -2.38. The highest BCUT2D eigenvalue weighted by atomic mass is 31.1. The Labute approximate surface area is 190 Å². The highest BCUT2D eigenvalue weighted by Gasteiger charge is 2.43. The van der Waals surface area contributed by atoms with Crippen molar-refractivity contribution < 1.29 is 70.1 Å². The van der Waals surface area contributed by atoms with Crippen LogP contribution in [0.5, 0.6) is 5.75 Å². The number of benzene rings is 1. The number of aliphatic hydroxyl groups excluding tert-OH is 2. The molecule has 9 nitrogen and oxygen atoms in total. The van der Waals surface area contributed by atoms with Gasteiger partial charge in [0, 0.05) is 0 Å². The first kappa shape index (κ1) is 31.4. The summed E-state index contributed by atoms with van der Waals surface area (Å²) in [6.07, 6.45) is -1.07. The molecule has 0 aromatic heterocycles. The normalized spacial score (nSPS) is 14.7. The van der Waals surface area contributed by atoms with Crippen LogP contribution < -0.4 is 4.74 Å². The first-order valence-electron chi connectivity index (χ1n) is 8.91. The van der Waals surface area contributed by atoms with Crippen LogP contribution in [0.25, 0.3) is 0 Å². The molecule has 1 fully saturated rings. The molecule has 1 aromatic rings. The summed E-state index contributed by atoms with van der Waals surface area (Å²) < 4.78 is 89.1. The van der Waals surface area contributed by atoms with Crippen LogP contribution in [0.1, 0.15) is 13.8 Å². The number of esters is 1. The zero-order valence-electron chi connectivity index (χ0n) is 17.9. The fraction of sp³-hybridized carbons (Fsp3) is 0.500. The summed E-state index contributed by atoms with van der Waals surface area (Å²) >= 11 is 0. The van der Waals surface area contributed by atoms with Gasteiger partial charge in [-0.15, -0.1) is 0 Å². The van der Waals surface area contributed by atoms with Crippen molar-refractivity contribution in [1.82, 2.24) is 0 Å². The molecule has 3 N–H and O–H groups in total. The lowest BCUT2D eigenvalue weighted by atomic mass is 9.92. The van der Waals surface area contributed by atoms with Crippen LogP contribution in [0.3, 0.4) is 0 Å². The van der Waals surface area contributed by atoms with E-state index in [1.165, 1.54) is 13.6 Å². The van der Waals surface area contributed by atoms with Crippen molar-refractivity contribution >= 4 is 27.0 Å². The van der Waals surface area contributed by atoms with E-state index in [4.69, 9.17) is 15.3 Å². The van der Waals surface area contributed by atoms with E-state index in [0.29, 0.717) is 0 Å². The molecule has 1 aromatic carbocycles. The summed E-state index contributed by atoms with van der Waals surface area (Å²) in [5.41, 5.74) is -3.05. The SMILES string of the molecule is CC(CO)(CO)C(=O)O.CC1(C(=O)Oc2c(F)c(F)c(F)c(F)c2F)COC(=O)OC1.CPF. The van der Waals surface area contributed by atoms with Crippen molar-refractivity contribution in [2.24, 2.45) is 10.8 Å². The lowest BCUT2D eigenvalue weighted by molar-refractivity contribution is -0.156. The number of rotatable bonds is 5. The van der Waals surface area contributed by atoms with E-state index in [9.17, 15) is 40.5 Å². The number of aliphatic hydroxyl groups is 2. The number of cyclic esters (lactones) is 2. The number of ether oxygens (including phenoxy) is 3. The van der Waals surface area contributed by atoms with Gasteiger partial charge in [-0.2, -0.15) is 8.78 Å². The summed E-state index contributed by atoms with van der Waals surface area (Å²) in [7, 11) is -0.417. The number of carboxylic acids is 1. The Morgan fingerprint density at radius 1 is 1.00 bits per heavy atom. The van der Waals surface area contributed by atoms with Crippen molar-refractivity contribution in [3.63, 3.8) is 0 Å². The molecule has 1 aliphatic heterocycles. The summed E-state index contributed by atoms with van der Waals surface area (Å²) in [5, 5.41) is 25.1. The van der Waals surface area contributed by atoms with E-state index >= 15 is 0 Å². The van der Waals surface area contributed by atoms with E-state index in [2.05, 4.69) is 14.2 Å². The lowest BCUT2D eigenvalue weighted by Gasteiger charge is -2.29. The molecular formula is C18H21F6O9P. The second kappa shape index (κ2) is 13.3. The average Bonchev–Trinajstić information content (AvgIpc) is 2.81. The maximum absolute atomic E-state index is 13.4. The highest BCUT2D eigenvalue weighted by molar-refractivity contribution is 7.30. The van der Waals surface area contributed by atoms with Crippen LogP contribution in [-0.4, -0.2) is 66.5 Å². The molecule has 0 aliphatic carbocycles. The van der Waals surface area contributed by atoms with Crippen LogP contribution in [0.2, 0.25) is 0 Å². The van der Waals surface area contributed by atoms with Gasteiger partial charge in [-0.3, -0.25) is 9.59 Å². The molecule has 1 heterocycles. The number of carbonyl (C=O) groups excluding carboxylic acids is 2. The van der Waals surface area contributed by atoms with E-state index in [1.807, 2.05) is 0 Å². The highest BCUT2D eigenvalue weighted by Crippen LogP contribution is 2.32. The average molecular weight is 526 g/mol. The molecule has 0 radical (unpaired) electrons. The fourth-order valence-electron chi connectivity index (χ4n) is 1.71. The summed E-state index contributed by atoms with van der Waals surface area (Å²) in [6, 6.07) is 0. The Balaban J connectivity index is 0.000000759. The van der Waals surface area contributed by atoms with Crippen molar-refractivity contribution in [3.8, 4) is 5.75 Å². The zero-order valence-corrected chi connectivity index (χ0v) is 18.9. The van der Waals surface area contributed by atoms with Gasteiger partial charge >= 0.3 is 18.1 Å². The van der Waals surface area contributed by atoms with Crippen molar-refractivity contribution in [1.29, 1.82) is 0 Å². The third-order valence-corrected chi connectivity index (χ3v) is 4.09. The van der Waals surface area contributed by atoms with E-state index < -0.39 is 99.1 Å². The number of carbonyl (C=O) groups is 3. The Hall–Kier alpha value is -2.64. The molecule has 1 atom stereocenters. The molecule has 1 saturated heterocycles. The maximum atomic E-state index is 13.4. The van der Waals surface area contributed by atoms with Gasteiger partial charge in [0.1, 0.15) is 24.0 Å². The molecule has 34 heavy (non-hydrogen) atoms. The smallest absolute Gasteiger partial charge is 0.481 e. The largest absolute Gasteiger partial charge is 0.508 e. The fourth-order valence-corrected chi connectivity index (χ4v) is 1.71. The topological polar surface area (TPSA) is 140 Å². The Morgan fingerprint density at radius 2 is 1.35 bits per heavy atom. The first-order chi connectivity index (χ1) is 15.6. The van der Waals surface area contributed by atoms with Crippen LogP contribution in [0.4, 0.5) is 30.9 Å². The second-order valence-corrected chi connectivity index (χ2v) is 7.43. The number of hydrogen-bond donors (Lipinski definition) is 3. The number of hydrogen-bond acceptors (Lipinski definition) is 8. The molecular weight excluding hydrogens is 505 g/mol. The number of carboxylic acid groups (broad SMARTS) is 1. The second-order valence-electron chi connectivity index (χ2n) is 7.05. The predicted molar refractivity (Wildman–Crippen MR) is 103 cm³/mol. The molecule has 0 spiro atoms.